The van der Waals surface area contributed by atoms with Crippen molar-refractivity contribution in [3.05, 3.63) is 35.5 Å². The van der Waals surface area contributed by atoms with Crippen molar-refractivity contribution >= 4 is 0 Å². The van der Waals surface area contributed by atoms with Gasteiger partial charge in [-0.15, -0.1) is 0 Å². The third-order valence-electron chi connectivity index (χ3n) is 1.84. The number of pyridine rings is 1. The van der Waals surface area contributed by atoms with Gasteiger partial charge in [-0.1, -0.05) is 19.1 Å². The molecule has 78 valence electrons. The molecule has 0 spiro atoms. The molecular formula is C12H14N2O. The summed E-state index contributed by atoms with van der Waals surface area (Å²) in [5, 5.41) is 8.82. The molecule has 1 aromatic rings. The van der Waals surface area contributed by atoms with Crippen molar-refractivity contribution in [2.45, 2.75) is 20.3 Å². The maximum Gasteiger partial charge on any atom is 0.232 e. The Balaban J connectivity index is 2.71. The quantitative estimate of drug-likeness (QED) is 0.705. The molecule has 0 unspecified atom stereocenters. The summed E-state index contributed by atoms with van der Waals surface area (Å²) in [7, 11) is 0. The lowest BCUT2D eigenvalue weighted by molar-refractivity contribution is 0.346. The van der Waals surface area contributed by atoms with Crippen LogP contribution in [0.2, 0.25) is 0 Å². The lowest BCUT2D eigenvalue weighted by Gasteiger charge is -2.04. The average Bonchev–Trinajstić information content (AvgIpc) is 2.25. The van der Waals surface area contributed by atoms with E-state index in [0.29, 0.717) is 18.1 Å². The minimum Gasteiger partial charge on any atom is -0.472 e. The fourth-order valence-electron chi connectivity index (χ4n) is 1.09. The Morgan fingerprint density at radius 1 is 1.47 bits per heavy atom. The molecule has 0 bridgehead atoms. The standard InChI is InChI=1S/C12H14N2O/c1-3-4-5-8-15-12-11(9-13)7-6-10(2)14-12/h4-7H,3,8H2,1-2H3/b5-4-. The van der Waals surface area contributed by atoms with Gasteiger partial charge in [0.05, 0.1) is 0 Å². The molecule has 0 amide bonds. The molecule has 3 nitrogen and oxygen atoms in total. The van der Waals surface area contributed by atoms with Gasteiger partial charge >= 0.3 is 0 Å². The molecule has 0 saturated heterocycles. The van der Waals surface area contributed by atoms with Crippen LogP contribution in [0.1, 0.15) is 24.6 Å². The molecule has 3 heteroatoms. The molecule has 0 N–H and O–H groups in total. The van der Waals surface area contributed by atoms with E-state index in [2.05, 4.69) is 18.0 Å². The van der Waals surface area contributed by atoms with Crippen LogP contribution in [0.3, 0.4) is 0 Å². The second kappa shape index (κ2) is 5.82. The molecule has 0 radical (unpaired) electrons. The van der Waals surface area contributed by atoms with E-state index < -0.39 is 0 Å². The fraction of sp³-hybridized carbons (Fsp3) is 0.333. The van der Waals surface area contributed by atoms with Gasteiger partial charge in [0, 0.05) is 5.69 Å². The summed E-state index contributed by atoms with van der Waals surface area (Å²) in [4.78, 5) is 4.16. The van der Waals surface area contributed by atoms with Crippen LogP contribution in [0.5, 0.6) is 5.88 Å². The van der Waals surface area contributed by atoms with Gasteiger partial charge in [-0.25, -0.2) is 4.98 Å². The smallest absolute Gasteiger partial charge is 0.232 e. The molecule has 1 heterocycles. The van der Waals surface area contributed by atoms with Crippen molar-refractivity contribution in [1.29, 1.82) is 5.26 Å². The Hall–Kier alpha value is -1.82. The summed E-state index contributed by atoms with van der Waals surface area (Å²) < 4.78 is 5.39. The SMILES string of the molecule is CC/C=C\COc1nc(C)ccc1C#N. The van der Waals surface area contributed by atoms with Crippen molar-refractivity contribution in [1.82, 2.24) is 4.98 Å². The highest BCUT2D eigenvalue weighted by Gasteiger charge is 2.03. The number of rotatable bonds is 4. The zero-order valence-electron chi connectivity index (χ0n) is 9.03. The Morgan fingerprint density at radius 2 is 2.27 bits per heavy atom. The van der Waals surface area contributed by atoms with Crippen molar-refractivity contribution in [2.24, 2.45) is 0 Å². The molecule has 0 fully saturated rings. The van der Waals surface area contributed by atoms with Crippen LogP contribution >= 0.6 is 0 Å². The van der Waals surface area contributed by atoms with Gasteiger partial charge in [0.15, 0.2) is 0 Å². The van der Waals surface area contributed by atoms with E-state index in [1.807, 2.05) is 19.1 Å². The van der Waals surface area contributed by atoms with Crippen LogP contribution in [-0.2, 0) is 0 Å². The van der Waals surface area contributed by atoms with Gasteiger partial charge < -0.3 is 4.74 Å². The van der Waals surface area contributed by atoms with E-state index in [4.69, 9.17) is 10.00 Å². The van der Waals surface area contributed by atoms with Crippen molar-refractivity contribution in [3.8, 4) is 11.9 Å². The molecule has 1 rings (SSSR count). The average molecular weight is 202 g/mol. The molecule has 0 aromatic carbocycles. The van der Waals surface area contributed by atoms with Gasteiger partial charge in [-0.05, 0) is 25.5 Å². The highest BCUT2D eigenvalue weighted by molar-refractivity contribution is 5.38. The summed E-state index contributed by atoms with van der Waals surface area (Å²) in [5.41, 5.74) is 1.33. The summed E-state index contributed by atoms with van der Waals surface area (Å²) >= 11 is 0. The minimum absolute atomic E-state index is 0.415. The number of nitrogens with zero attached hydrogens (tertiary/aromatic N) is 2. The fourth-order valence-corrected chi connectivity index (χ4v) is 1.09. The molecule has 15 heavy (non-hydrogen) atoms. The minimum atomic E-state index is 0.415. The summed E-state index contributed by atoms with van der Waals surface area (Å²) in [6.07, 6.45) is 4.92. The van der Waals surface area contributed by atoms with Crippen LogP contribution in [-0.4, -0.2) is 11.6 Å². The normalized spacial score (nSPS) is 10.2. The van der Waals surface area contributed by atoms with E-state index in [-0.39, 0.29) is 0 Å². The first-order valence-electron chi connectivity index (χ1n) is 4.93. The van der Waals surface area contributed by atoms with E-state index in [1.165, 1.54) is 0 Å². The van der Waals surface area contributed by atoms with E-state index in [9.17, 15) is 0 Å². The monoisotopic (exact) mass is 202 g/mol. The van der Waals surface area contributed by atoms with Gasteiger partial charge in [0.2, 0.25) is 5.88 Å². The topological polar surface area (TPSA) is 45.9 Å². The molecule has 0 aliphatic carbocycles. The maximum atomic E-state index is 8.82. The Bertz CT molecular complexity index is 391. The molecule has 0 aliphatic rings. The first-order chi connectivity index (χ1) is 7.27. The van der Waals surface area contributed by atoms with E-state index in [1.54, 1.807) is 12.1 Å². The van der Waals surface area contributed by atoms with Crippen molar-refractivity contribution in [2.75, 3.05) is 6.61 Å². The maximum absolute atomic E-state index is 8.82. The first kappa shape index (κ1) is 11.3. The number of aromatic nitrogens is 1. The lowest BCUT2D eigenvalue weighted by atomic mass is 10.2. The second-order valence-electron chi connectivity index (χ2n) is 3.11. The van der Waals surface area contributed by atoms with Crippen LogP contribution in [0, 0.1) is 18.3 Å². The Morgan fingerprint density at radius 3 is 2.93 bits per heavy atom. The molecule has 1 aromatic heterocycles. The summed E-state index contributed by atoms with van der Waals surface area (Å²) in [5.74, 6) is 0.415. The summed E-state index contributed by atoms with van der Waals surface area (Å²) in [6.45, 7) is 4.39. The van der Waals surface area contributed by atoms with Crippen LogP contribution in [0.25, 0.3) is 0 Å². The predicted molar refractivity (Wildman–Crippen MR) is 58.6 cm³/mol. The van der Waals surface area contributed by atoms with Crippen molar-refractivity contribution in [3.63, 3.8) is 0 Å². The van der Waals surface area contributed by atoms with Crippen LogP contribution in [0.15, 0.2) is 24.3 Å². The predicted octanol–water partition coefficient (Wildman–Crippen LogP) is 2.61. The van der Waals surface area contributed by atoms with Crippen LogP contribution in [0.4, 0.5) is 0 Å². The number of nitriles is 1. The zero-order chi connectivity index (χ0) is 11.1. The van der Waals surface area contributed by atoms with E-state index in [0.717, 1.165) is 12.1 Å². The Kier molecular flexibility index (Phi) is 4.36. The van der Waals surface area contributed by atoms with Crippen molar-refractivity contribution < 1.29 is 4.74 Å². The third kappa shape index (κ3) is 3.43. The number of allylic oxidation sites excluding steroid dienone is 1. The van der Waals surface area contributed by atoms with E-state index >= 15 is 0 Å². The van der Waals surface area contributed by atoms with Gasteiger partial charge in [-0.3, -0.25) is 0 Å². The molecular weight excluding hydrogens is 188 g/mol. The molecule has 0 saturated carbocycles. The highest BCUT2D eigenvalue weighted by atomic mass is 16.5. The number of hydrogen-bond acceptors (Lipinski definition) is 3. The van der Waals surface area contributed by atoms with Gasteiger partial charge in [0.25, 0.3) is 0 Å². The van der Waals surface area contributed by atoms with Gasteiger partial charge in [0.1, 0.15) is 18.2 Å². The number of aryl methyl sites for hydroxylation is 1. The van der Waals surface area contributed by atoms with Crippen LogP contribution < -0.4 is 4.74 Å². The zero-order valence-corrected chi connectivity index (χ0v) is 9.03. The lowest BCUT2D eigenvalue weighted by Crippen LogP contribution is -1.99. The Labute approximate surface area is 90.0 Å². The first-order valence-corrected chi connectivity index (χ1v) is 4.93. The molecule has 0 atom stereocenters. The van der Waals surface area contributed by atoms with Gasteiger partial charge in [-0.2, -0.15) is 5.26 Å². The second-order valence-corrected chi connectivity index (χ2v) is 3.11. The largest absolute Gasteiger partial charge is 0.472 e. The number of ether oxygens (including phenoxy) is 1. The molecule has 0 aliphatic heterocycles. The summed E-state index contributed by atoms with van der Waals surface area (Å²) in [6, 6.07) is 5.57. The number of hydrogen-bond donors (Lipinski definition) is 0. The third-order valence-corrected chi connectivity index (χ3v) is 1.84. The highest BCUT2D eigenvalue weighted by Crippen LogP contribution is 2.14.